The summed E-state index contributed by atoms with van der Waals surface area (Å²) in [4.78, 5) is 17.1. The number of nitrogens with zero attached hydrogens (tertiary/aromatic N) is 1. The Labute approximate surface area is 162 Å². The van der Waals surface area contributed by atoms with Crippen LogP contribution in [0.15, 0.2) is 47.5 Å². The average molecular weight is 380 g/mol. The van der Waals surface area contributed by atoms with E-state index in [1.165, 1.54) is 11.8 Å². The van der Waals surface area contributed by atoms with Crippen LogP contribution in [-0.4, -0.2) is 23.4 Å². The number of aryl methyl sites for hydroxylation is 2. The van der Waals surface area contributed by atoms with Gasteiger partial charge in [0.1, 0.15) is 5.03 Å². The zero-order valence-corrected chi connectivity index (χ0v) is 16.1. The zero-order valence-electron chi connectivity index (χ0n) is 15.2. The zero-order chi connectivity index (χ0) is 18.8. The van der Waals surface area contributed by atoms with Crippen molar-refractivity contribution in [1.82, 2.24) is 4.98 Å². The number of ether oxygens (including phenoxy) is 2. The predicted octanol–water partition coefficient (Wildman–Crippen LogP) is 4.57. The molecule has 4 rings (SSSR count). The number of fused-ring (bicyclic) bond motifs is 2. The van der Waals surface area contributed by atoms with Crippen molar-refractivity contribution in [1.29, 1.82) is 0 Å². The van der Waals surface area contributed by atoms with Crippen LogP contribution in [0, 0.1) is 6.92 Å². The van der Waals surface area contributed by atoms with Gasteiger partial charge in [0.2, 0.25) is 12.7 Å². The van der Waals surface area contributed by atoms with Crippen molar-refractivity contribution in [2.45, 2.75) is 25.3 Å². The standard InChI is InChI=1S/C21H20N2O3S/c1-3-14-6-4-5-7-16(14)22-20(24)11-27-21-13(2)8-15-9-18-19(26-12-25-18)10-17(15)23-21/h4-10H,3,11-12H2,1-2H3,(H,22,24). The molecule has 1 aromatic heterocycles. The molecule has 0 fully saturated rings. The molecule has 0 unspecified atom stereocenters. The Morgan fingerprint density at radius 2 is 1.96 bits per heavy atom. The second-order valence-corrected chi connectivity index (χ2v) is 7.32. The summed E-state index contributed by atoms with van der Waals surface area (Å²) >= 11 is 1.44. The van der Waals surface area contributed by atoms with Crippen molar-refractivity contribution in [2.75, 3.05) is 17.9 Å². The topological polar surface area (TPSA) is 60.5 Å². The largest absolute Gasteiger partial charge is 0.454 e. The van der Waals surface area contributed by atoms with E-state index in [2.05, 4.69) is 18.3 Å². The molecule has 2 aromatic carbocycles. The Hall–Kier alpha value is -2.73. The molecular formula is C21H20N2O3S. The Kier molecular flexibility index (Phi) is 4.90. The van der Waals surface area contributed by atoms with E-state index in [4.69, 9.17) is 14.5 Å². The first-order valence-corrected chi connectivity index (χ1v) is 9.84. The normalized spacial score (nSPS) is 12.4. The van der Waals surface area contributed by atoms with Gasteiger partial charge in [0.05, 0.1) is 11.3 Å². The van der Waals surface area contributed by atoms with Crippen LogP contribution in [0.4, 0.5) is 5.69 Å². The number of rotatable bonds is 5. The fraction of sp³-hybridized carbons (Fsp3) is 0.238. The van der Waals surface area contributed by atoms with Crippen molar-refractivity contribution in [3.8, 4) is 11.5 Å². The molecule has 0 bridgehead atoms. The van der Waals surface area contributed by atoms with E-state index in [1.54, 1.807) is 0 Å². The third-order valence-corrected chi connectivity index (χ3v) is 5.56. The molecule has 2 heterocycles. The molecule has 27 heavy (non-hydrogen) atoms. The first-order valence-electron chi connectivity index (χ1n) is 8.85. The maximum Gasteiger partial charge on any atom is 0.234 e. The van der Waals surface area contributed by atoms with E-state index in [-0.39, 0.29) is 12.7 Å². The highest BCUT2D eigenvalue weighted by Gasteiger charge is 2.16. The van der Waals surface area contributed by atoms with Crippen molar-refractivity contribution >= 4 is 34.3 Å². The predicted molar refractivity (Wildman–Crippen MR) is 108 cm³/mol. The molecule has 1 aliphatic heterocycles. The van der Waals surface area contributed by atoms with Crippen LogP contribution in [0.2, 0.25) is 0 Å². The average Bonchev–Trinajstić information content (AvgIpc) is 3.12. The molecule has 3 aromatic rings. The summed E-state index contributed by atoms with van der Waals surface area (Å²) in [6, 6.07) is 13.8. The number of para-hydroxylation sites is 1. The first kappa shape index (κ1) is 17.7. The molecule has 6 heteroatoms. The lowest BCUT2D eigenvalue weighted by Gasteiger charge is -2.10. The van der Waals surface area contributed by atoms with Gasteiger partial charge in [-0.15, -0.1) is 0 Å². The summed E-state index contributed by atoms with van der Waals surface area (Å²) in [5.41, 5.74) is 3.88. The lowest BCUT2D eigenvalue weighted by atomic mass is 10.1. The van der Waals surface area contributed by atoms with E-state index in [0.29, 0.717) is 11.5 Å². The number of benzene rings is 2. The molecule has 5 nitrogen and oxygen atoms in total. The lowest BCUT2D eigenvalue weighted by molar-refractivity contribution is -0.113. The van der Waals surface area contributed by atoms with Gasteiger partial charge in [0.25, 0.3) is 0 Å². The Bertz CT molecular complexity index is 1020. The van der Waals surface area contributed by atoms with E-state index in [9.17, 15) is 4.79 Å². The van der Waals surface area contributed by atoms with Gasteiger partial charge in [-0.05, 0) is 42.7 Å². The summed E-state index contributed by atoms with van der Waals surface area (Å²) < 4.78 is 10.9. The first-order chi connectivity index (χ1) is 13.1. The number of anilines is 1. The molecule has 1 amide bonds. The van der Waals surface area contributed by atoms with Gasteiger partial charge in [-0.3, -0.25) is 4.79 Å². The number of aromatic nitrogens is 1. The molecule has 0 aliphatic carbocycles. The number of thioether (sulfide) groups is 1. The van der Waals surface area contributed by atoms with E-state index in [0.717, 1.165) is 44.9 Å². The number of pyridine rings is 1. The number of amides is 1. The highest BCUT2D eigenvalue weighted by Crippen LogP contribution is 2.36. The molecule has 0 saturated heterocycles. The van der Waals surface area contributed by atoms with Crippen molar-refractivity contribution in [3.05, 3.63) is 53.6 Å². The maximum atomic E-state index is 12.4. The van der Waals surface area contributed by atoms with Gasteiger partial charge < -0.3 is 14.8 Å². The van der Waals surface area contributed by atoms with E-state index >= 15 is 0 Å². The minimum atomic E-state index is -0.0344. The van der Waals surface area contributed by atoms with Gasteiger partial charge >= 0.3 is 0 Å². The Balaban J connectivity index is 1.49. The van der Waals surface area contributed by atoms with Crippen LogP contribution in [-0.2, 0) is 11.2 Å². The second-order valence-electron chi connectivity index (χ2n) is 6.36. The second kappa shape index (κ2) is 7.48. The van der Waals surface area contributed by atoms with Crippen LogP contribution in [0.25, 0.3) is 10.9 Å². The van der Waals surface area contributed by atoms with Crippen LogP contribution in [0.1, 0.15) is 18.1 Å². The SMILES string of the molecule is CCc1ccccc1NC(=O)CSc1nc2cc3c(cc2cc1C)OCO3. The Morgan fingerprint density at radius 1 is 1.19 bits per heavy atom. The highest BCUT2D eigenvalue weighted by atomic mass is 32.2. The van der Waals surface area contributed by atoms with E-state index < -0.39 is 0 Å². The molecule has 1 aliphatic rings. The summed E-state index contributed by atoms with van der Waals surface area (Å²) in [5.74, 6) is 1.73. The molecule has 1 N–H and O–H groups in total. The number of hydrogen-bond donors (Lipinski definition) is 1. The summed E-state index contributed by atoms with van der Waals surface area (Å²) in [6.45, 7) is 4.32. The van der Waals surface area contributed by atoms with Crippen molar-refractivity contribution in [2.24, 2.45) is 0 Å². The van der Waals surface area contributed by atoms with Crippen LogP contribution in [0.5, 0.6) is 11.5 Å². The van der Waals surface area contributed by atoms with Gasteiger partial charge in [-0.25, -0.2) is 4.98 Å². The van der Waals surface area contributed by atoms with Crippen molar-refractivity contribution in [3.63, 3.8) is 0 Å². The summed E-state index contributed by atoms with van der Waals surface area (Å²) in [5, 5.41) is 4.85. The number of carbonyl (C=O) groups is 1. The van der Waals surface area contributed by atoms with E-state index in [1.807, 2.05) is 43.3 Å². The molecule has 0 saturated carbocycles. The summed E-state index contributed by atoms with van der Waals surface area (Å²) in [7, 11) is 0. The monoisotopic (exact) mass is 380 g/mol. The fourth-order valence-corrected chi connectivity index (χ4v) is 3.86. The molecule has 138 valence electrons. The third kappa shape index (κ3) is 3.71. The molecule has 0 spiro atoms. The number of carbonyl (C=O) groups excluding carboxylic acids is 1. The van der Waals surface area contributed by atoms with Crippen LogP contribution < -0.4 is 14.8 Å². The minimum absolute atomic E-state index is 0.0344. The van der Waals surface area contributed by atoms with Crippen molar-refractivity contribution < 1.29 is 14.3 Å². The molecule has 0 radical (unpaired) electrons. The van der Waals surface area contributed by atoms with Gasteiger partial charge in [0.15, 0.2) is 11.5 Å². The van der Waals surface area contributed by atoms with Crippen LogP contribution >= 0.6 is 11.8 Å². The molecule has 0 atom stereocenters. The minimum Gasteiger partial charge on any atom is -0.454 e. The lowest BCUT2D eigenvalue weighted by Crippen LogP contribution is -2.15. The van der Waals surface area contributed by atoms with Crippen LogP contribution in [0.3, 0.4) is 0 Å². The number of hydrogen-bond acceptors (Lipinski definition) is 5. The maximum absolute atomic E-state index is 12.4. The highest BCUT2D eigenvalue weighted by molar-refractivity contribution is 8.00. The smallest absolute Gasteiger partial charge is 0.234 e. The molecular weight excluding hydrogens is 360 g/mol. The fourth-order valence-electron chi connectivity index (χ4n) is 3.07. The van der Waals surface area contributed by atoms with Gasteiger partial charge in [-0.2, -0.15) is 0 Å². The Morgan fingerprint density at radius 3 is 2.78 bits per heavy atom. The third-order valence-electron chi connectivity index (χ3n) is 4.47. The van der Waals surface area contributed by atoms with Gasteiger partial charge in [-0.1, -0.05) is 36.9 Å². The quantitative estimate of drug-likeness (QED) is 0.657. The summed E-state index contributed by atoms with van der Waals surface area (Å²) in [6.07, 6.45) is 0.880. The van der Waals surface area contributed by atoms with Gasteiger partial charge in [0, 0.05) is 17.1 Å². The number of nitrogens with one attached hydrogen (secondary N) is 1.